The highest BCUT2D eigenvalue weighted by atomic mass is 32.2. The quantitative estimate of drug-likeness (QED) is 0.805. The van der Waals surface area contributed by atoms with Gasteiger partial charge in [-0.1, -0.05) is 12.1 Å². The maximum Gasteiger partial charge on any atom is 0.266 e. The van der Waals surface area contributed by atoms with Crippen LogP contribution in [-0.4, -0.2) is 42.1 Å². The first-order chi connectivity index (χ1) is 11.5. The molecule has 0 bridgehead atoms. The first-order valence-corrected chi connectivity index (χ1v) is 8.30. The molecule has 3 rings (SSSR count). The monoisotopic (exact) mass is 338 g/mol. The summed E-state index contributed by atoms with van der Waals surface area (Å²) in [5.74, 6) is -0.0423. The molecule has 0 radical (unpaired) electrons. The fourth-order valence-corrected chi connectivity index (χ4v) is 3.19. The van der Waals surface area contributed by atoms with Crippen molar-refractivity contribution in [2.24, 2.45) is 4.99 Å². The fourth-order valence-electron chi connectivity index (χ4n) is 2.20. The average Bonchev–Trinajstić information content (AvgIpc) is 2.84. The van der Waals surface area contributed by atoms with Gasteiger partial charge in [0.05, 0.1) is 16.8 Å². The molecule has 2 heterocycles. The second kappa shape index (κ2) is 6.88. The van der Waals surface area contributed by atoms with E-state index in [-0.39, 0.29) is 5.91 Å². The number of benzene rings is 1. The van der Waals surface area contributed by atoms with Crippen molar-refractivity contribution in [1.82, 2.24) is 9.88 Å². The summed E-state index contributed by atoms with van der Waals surface area (Å²) >= 11 is 1.38. The van der Waals surface area contributed by atoms with Gasteiger partial charge in [-0.3, -0.25) is 14.7 Å². The molecule has 0 spiro atoms. The maximum absolute atomic E-state index is 12.4. The summed E-state index contributed by atoms with van der Waals surface area (Å²) in [6.07, 6.45) is 5.27. The van der Waals surface area contributed by atoms with Crippen LogP contribution < -0.4 is 4.90 Å². The van der Waals surface area contributed by atoms with E-state index < -0.39 is 0 Å². The van der Waals surface area contributed by atoms with Crippen molar-refractivity contribution in [3.63, 3.8) is 0 Å². The number of aromatic nitrogens is 1. The Labute approximate surface area is 145 Å². The molecule has 1 fully saturated rings. The lowest BCUT2D eigenvalue weighted by molar-refractivity contribution is -0.121. The van der Waals surface area contributed by atoms with Crippen LogP contribution in [0.1, 0.15) is 5.56 Å². The van der Waals surface area contributed by atoms with Crippen molar-refractivity contribution in [1.29, 1.82) is 0 Å². The highest BCUT2D eigenvalue weighted by Gasteiger charge is 2.30. The third-order valence-electron chi connectivity index (χ3n) is 3.58. The number of pyridine rings is 1. The van der Waals surface area contributed by atoms with Gasteiger partial charge in [0, 0.05) is 33.0 Å². The first-order valence-electron chi connectivity index (χ1n) is 7.48. The van der Waals surface area contributed by atoms with Crippen LogP contribution >= 0.6 is 11.8 Å². The Balaban J connectivity index is 1.84. The zero-order valence-corrected chi connectivity index (χ0v) is 14.6. The zero-order chi connectivity index (χ0) is 17.1. The highest BCUT2D eigenvalue weighted by molar-refractivity contribution is 8.18. The minimum atomic E-state index is -0.0423. The Bertz CT molecular complexity index is 798. The highest BCUT2D eigenvalue weighted by Crippen LogP contribution is 2.33. The number of likely N-dealkylation sites (N-methyl/N-ethyl adjacent to an activating group) is 1. The molecule has 0 saturated carbocycles. The van der Waals surface area contributed by atoms with Gasteiger partial charge in [-0.15, -0.1) is 0 Å². The summed E-state index contributed by atoms with van der Waals surface area (Å²) in [7, 11) is 5.74. The van der Waals surface area contributed by atoms with Gasteiger partial charge in [0.15, 0.2) is 5.17 Å². The van der Waals surface area contributed by atoms with E-state index in [9.17, 15) is 4.79 Å². The smallest absolute Gasteiger partial charge is 0.266 e. The number of hydrogen-bond donors (Lipinski definition) is 0. The Morgan fingerprint density at radius 1 is 1.21 bits per heavy atom. The molecule has 1 aliphatic heterocycles. The third-order valence-corrected chi connectivity index (χ3v) is 4.64. The van der Waals surface area contributed by atoms with Crippen LogP contribution in [-0.2, 0) is 4.79 Å². The molecule has 1 aromatic carbocycles. The summed E-state index contributed by atoms with van der Waals surface area (Å²) < 4.78 is 0. The molecule has 2 aromatic rings. The van der Waals surface area contributed by atoms with Crippen molar-refractivity contribution in [2.75, 3.05) is 26.0 Å². The fraction of sp³-hybridized carbons (Fsp3) is 0.167. The van der Waals surface area contributed by atoms with Crippen LogP contribution in [0.3, 0.4) is 0 Å². The number of thioether (sulfide) groups is 1. The van der Waals surface area contributed by atoms with Crippen molar-refractivity contribution < 1.29 is 4.79 Å². The molecule has 1 saturated heterocycles. The van der Waals surface area contributed by atoms with E-state index in [4.69, 9.17) is 0 Å². The number of carbonyl (C=O) groups excluding carboxylic acids is 1. The molecule has 122 valence electrons. The molecule has 6 heteroatoms. The van der Waals surface area contributed by atoms with Gasteiger partial charge < -0.3 is 4.90 Å². The lowest BCUT2D eigenvalue weighted by Crippen LogP contribution is -2.23. The second-order valence-corrected chi connectivity index (χ2v) is 6.58. The summed E-state index contributed by atoms with van der Waals surface area (Å²) in [5, 5.41) is 0.657. The molecular formula is C18H18N4OS. The number of amidine groups is 1. The van der Waals surface area contributed by atoms with Gasteiger partial charge in [-0.2, -0.15) is 0 Å². The number of amides is 1. The maximum atomic E-state index is 12.4. The average molecular weight is 338 g/mol. The van der Waals surface area contributed by atoms with Crippen LogP contribution in [0, 0.1) is 0 Å². The third kappa shape index (κ3) is 3.49. The summed E-state index contributed by atoms with van der Waals surface area (Å²) in [6.45, 7) is 0. The van der Waals surface area contributed by atoms with Crippen LogP contribution in [0.2, 0.25) is 0 Å². The number of carbonyl (C=O) groups is 1. The van der Waals surface area contributed by atoms with Gasteiger partial charge >= 0.3 is 0 Å². The summed E-state index contributed by atoms with van der Waals surface area (Å²) in [4.78, 5) is 25.2. The Hall–Kier alpha value is -2.60. The molecule has 0 unspecified atom stereocenters. The number of nitrogens with zero attached hydrogens (tertiary/aromatic N) is 4. The van der Waals surface area contributed by atoms with E-state index in [1.54, 1.807) is 24.3 Å². The minimum absolute atomic E-state index is 0.0423. The first kappa shape index (κ1) is 16.3. The predicted octanol–water partition coefficient (Wildman–Crippen LogP) is 3.38. The van der Waals surface area contributed by atoms with Crippen LogP contribution in [0.25, 0.3) is 6.08 Å². The second-order valence-electron chi connectivity index (χ2n) is 5.57. The Morgan fingerprint density at radius 3 is 2.58 bits per heavy atom. The summed E-state index contributed by atoms with van der Waals surface area (Å²) in [6, 6.07) is 11.8. The van der Waals surface area contributed by atoms with Gasteiger partial charge in [0.25, 0.3) is 5.91 Å². The topological polar surface area (TPSA) is 48.8 Å². The number of aliphatic imine (C=N–C) groups is 1. The molecule has 1 aliphatic rings. The van der Waals surface area contributed by atoms with E-state index in [1.165, 1.54) is 11.8 Å². The number of hydrogen-bond acceptors (Lipinski definition) is 5. The van der Waals surface area contributed by atoms with Crippen LogP contribution in [0.15, 0.2) is 58.7 Å². The molecule has 0 N–H and O–H groups in total. The summed E-state index contributed by atoms with van der Waals surface area (Å²) in [5.41, 5.74) is 2.85. The molecule has 5 nitrogen and oxygen atoms in total. The van der Waals surface area contributed by atoms with E-state index in [0.717, 1.165) is 16.9 Å². The van der Waals surface area contributed by atoms with E-state index in [2.05, 4.69) is 9.98 Å². The zero-order valence-electron chi connectivity index (χ0n) is 13.8. The van der Waals surface area contributed by atoms with Crippen molar-refractivity contribution in [3.8, 4) is 0 Å². The lowest BCUT2D eigenvalue weighted by atomic mass is 10.2. The normalized spacial score (nSPS) is 17.8. The van der Waals surface area contributed by atoms with Crippen LogP contribution in [0.4, 0.5) is 11.4 Å². The Kier molecular flexibility index (Phi) is 4.66. The molecule has 24 heavy (non-hydrogen) atoms. The standard InChI is InChI=1S/C18H18N4OS/c1-21(2)15-8-6-13(7-9-15)11-16-17(23)22(3)18(24-16)20-14-5-4-10-19-12-14/h4-12H,1-3H3/b16-11-,20-18?. The van der Waals surface area contributed by atoms with Gasteiger partial charge in [0.2, 0.25) is 0 Å². The van der Waals surface area contributed by atoms with Crippen molar-refractivity contribution in [2.45, 2.75) is 0 Å². The molecule has 0 atom stereocenters. The largest absolute Gasteiger partial charge is 0.378 e. The Morgan fingerprint density at radius 2 is 1.96 bits per heavy atom. The van der Waals surface area contributed by atoms with E-state index >= 15 is 0 Å². The number of anilines is 1. The molecule has 1 aromatic heterocycles. The van der Waals surface area contributed by atoms with E-state index in [1.807, 2.05) is 61.5 Å². The minimum Gasteiger partial charge on any atom is -0.378 e. The van der Waals surface area contributed by atoms with Crippen molar-refractivity contribution in [3.05, 3.63) is 59.3 Å². The van der Waals surface area contributed by atoms with Gasteiger partial charge in [0.1, 0.15) is 0 Å². The molecule has 1 amide bonds. The molecule has 0 aliphatic carbocycles. The SMILES string of the molecule is CN1C(=O)/C(=C/c2ccc(N(C)C)cc2)SC1=Nc1cccnc1. The molecular weight excluding hydrogens is 320 g/mol. The van der Waals surface area contributed by atoms with Gasteiger partial charge in [-0.25, -0.2) is 4.99 Å². The van der Waals surface area contributed by atoms with Crippen LogP contribution in [0.5, 0.6) is 0 Å². The lowest BCUT2D eigenvalue weighted by Gasteiger charge is -2.11. The number of rotatable bonds is 3. The van der Waals surface area contributed by atoms with Gasteiger partial charge in [-0.05, 0) is 47.7 Å². The predicted molar refractivity (Wildman–Crippen MR) is 100 cm³/mol. The van der Waals surface area contributed by atoms with Crippen molar-refractivity contribution >= 4 is 40.3 Å². The van der Waals surface area contributed by atoms with E-state index in [0.29, 0.717) is 10.1 Å².